The summed E-state index contributed by atoms with van der Waals surface area (Å²) in [7, 11) is 0. The molecule has 82 valence electrons. The van der Waals surface area contributed by atoms with Gasteiger partial charge in [-0.15, -0.1) is 0 Å². The normalized spacial score (nSPS) is 12.4. The summed E-state index contributed by atoms with van der Waals surface area (Å²) in [6, 6.07) is 15.9. The molecule has 2 aromatic carbocycles. The number of benzene rings is 2. The van der Waals surface area contributed by atoms with Gasteiger partial charge in [0.25, 0.3) is 0 Å². The third-order valence-corrected chi connectivity index (χ3v) is 2.84. The monoisotopic (exact) mass is 212 g/mol. The predicted octanol–water partition coefficient (Wildman–Crippen LogP) is 3.39. The first-order valence-corrected chi connectivity index (χ1v) is 5.48. The van der Waals surface area contributed by atoms with E-state index in [1.807, 2.05) is 49.4 Å². The van der Waals surface area contributed by atoms with Crippen LogP contribution in [0.15, 0.2) is 48.5 Å². The lowest BCUT2D eigenvalue weighted by Crippen LogP contribution is -2.01. The van der Waals surface area contributed by atoms with Gasteiger partial charge in [0.05, 0.1) is 0 Å². The van der Waals surface area contributed by atoms with Crippen LogP contribution < -0.4 is 0 Å². The summed E-state index contributed by atoms with van der Waals surface area (Å²) < 4.78 is 0. The lowest BCUT2D eigenvalue weighted by Gasteiger charge is -2.14. The van der Waals surface area contributed by atoms with Gasteiger partial charge >= 0.3 is 0 Å². The first-order chi connectivity index (χ1) is 7.68. The van der Waals surface area contributed by atoms with Crippen LogP contribution in [0.3, 0.4) is 0 Å². The summed E-state index contributed by atoms with van der Waals surface area (Å²) in [4.78, 5) is 0. The molecule has 1 nitrogen and oxygen atoms in total. The van der Waals surface area contributed by atoms with Crippen LogP contribution in [-0.2, 0) is 0 Å². The largest absolute Gasteiger partial charge is 0.384 e. The highest BCUT2D eigenvalue weighted by molar-refractivity contribution is 5.37. The molecule has 0 bridgehead atoms. The van der Waals surface area contributed by atoms with E-state index in [0.29, 0.717) is 0 Å². The average molecular weight is 212 g/mol. The Labute approximate surface area is 96.4 Å². The Kier molecular flexibility index (Phi) is 3.07. The topological polar surface area (TPSA) is 20.2 Å². The van der Waals surface area contributed by atoms with Crippen molar-refractivity contribution in [2.75, 3.05) is 0 Å². The van der Waals surface area contributed by atoms with Gasteiger partial charge in [0, 0.05) is 0 Å². The third-order valence-electron chi connectivity index (χ3n) is 2.84. The molecule has 0 aliphatic carbocycles. The van der Waals surface area contributed by atoms with Crippen molar-refractivity contribution in [1.82, 2.24) is 0 Å². The molecule has 0 fully saturated rings. The van der Waals surface area contributed by atoms with Crippen molar-refractivity contribution in [3.8, 4) is 0 Å². The van der Waals surface area contributed by atoms with E-state index in [1.54, 1.807) is 0 Å². The van der Waals surface area contributed by atoms with Crippen molar-refractivity contribution >= 4 is 0 Å². The van der Waals surface area contributed by atoms with Crippen LogP contribution >= 0.6 is 0 Å². The van der Waals surface area contributed by atoms with E-state index in [-0.39, 0.29) is 0 Å². The summed E-state index contributed by atoms with van der Waals surface area (Å²) in [5.41, 5.74) is 4.28. The maximum absolute atomic E-state index is 10.3. The van der Waals surface area contributed by atoms with Gasteiger partial charge in [0.15, 0.2) is 0 Å². The van der Waals surface area contributed by atoms with Gasteiger partial charge in [0.1, 0.15) is 6.10 Å². The van der Waals surface area contributed by atoms with E-state index in [0.717, 1.165) is 16.7 Å². The van der Waals surface area contributed by atoms with Gasteiger partial charge in [0.2, 0.25) is 0 Å². The second-order valence-corrected chi connectivity index (χ2v) is 4.17. The van der Waals surface area contributed by atoms with Gasteiger partial charge in [-0.2, -0.15) is 0 Å². The third kappa shape index (κ3) is 2.15. The van der Waals surface area contributed by atoms with E-state index in [9.17, 15) is 5.11 Å². The average Bonchev–Trinajstić information content (AvgIpc) is 2.29. The molecule has 0 saturated heterocycles. The minimum absolute atomic E-state index is 0.526. The predicted molar refractivity (Wildman–Crippen MR) is 66.4 cm³/mol. The van der Waals surface area contributed by atoms with Crippen molar-refractivity contribution < 1.29 is 5.11 Å². The van der Waals surface area contributed by atoms with Gasteiger partial charge in [-0.1, -0.05) is 54.1 Å². The molecule has 0 heterocycles. The summed E-state index contributed by atoms with van der Waals surface area (Å²) in [6.45, 7) is 4.10. The minimum atomic E-state index is -0.526. The van der Waals surface area contributed by atoms with Crippen LogP contribution in [0.25, 0.3) is 0 Å². The highest BCUT2D eigenvalue weighted by Crippen LogP contribution is 2.24. The first kappa shape index (κ1) is 10.9. The van der Waals surface area contributed by atoms with E-state index < -0.39 is 6.10 Å². The zero-order valence-corrected chi connectivity index (χ0v) is 9.64. The van der Waals surface area contributed by atoms with E-state index >= 15 is 0 Å². The summed E-state index contributed by atoms with van der Waals surface area (Å²) in [5.74, 6) is 0. The molecule has 16 heavy (non-hydrogen) atoms. The van der Waals surface area contributed by atoms with Crippen molar-refractivity contribution in [3.63, 3.8) is 0 Å². The van der Waals surface area contributed by atoms with Crippen molar-refractivity contribution in [2.45, 2.75) is 20.0 Å². The lowest BCUT2D eigenvalue weighted by molar-refractivity contribution is 0.219. The van der Waals surface area contributed by atoms with Crippen molar-refractivity contribution in [2.24, 2.45) is 0 Å². The van der Waals surface area contributed by atoms with Crippen LogP contribution in [0.4, 0.5) is 0 Å². The Morgan fingerprint density at radius 1 is 0.938 bits per heavy atom. The fourth-order valence-corrected chi connectivity index (χ4v) is 1.95. The van der Waals surface area contributed by atoms with Crippen LogP contribution in [0, 0.1) is 13.8 Å². The maximum atomic E-state index is 10.3. The fraction of sp³-hybridized carbons (Fsp3) is 0.200. The zero-order valence-electron chi connectivity index (χ0n) is 9.64. The Bertz CT molecular complexity index is 474. The Hall–Kier alpha value is -1.60. The standard InChI is InChI=1S/C15H16O/c1-11-8-9-14(12(2)10-11)15(16)13-6-4-3-5-7-13/h3-10,15-16H,1-2H3/t15-/m0/s1. The van der Waals surface area contributed by atoms with Gasteiger partial charge in [-0.25, -0.2) is 0 Å². The fourth-order valence-electron chi connectivity index (χ4n) is 1.95. The Balaban J connectivity index is 2.38. The number of aliphatic hydroxyl groups excluding tert-OH is 1. The number of rotatable bonds is 2. The van der Waals surface area contributed by atoms with Crippen LogP contribution in [0.2, 0.25) is 0 Å². The quantitative estimate of drug-likeness (QED) is 0.809. The van der Waals surface area contributed by atoms with Crippen LogP contribution in [0.1, 0.15) is 28.4 Å². The molecular weight excluding hydrogens is 196 g/mol. The van der Waals surface area contributed by atoms with Crippen molar-refractivity contribution in [1.29, 1.82) is 0 Å². The second-order valence-electron chi connectivity index (χ2n) is 4.17. The molecule has 0 aromatic heterocycles. The second kappa shape index (κ2) is 4.50. The number of hydrogen-bond donors (Lipinski definition) is 1. The van der Waals surface area contributed by atoms with E-state index in [2.05, 4.69) is 13.0 Å². The molecule has 2 aromatic rings. The molecule has 2 rings (SSSR count). The lowest BCUT2D eigenvalue weighted by atomic mass is 9.96. The van der Waals surface area contributed by atoms with Crippen LogP contribution in [0.5, 0.6) is 0 Å². The van der Waals surface area contributed by atoms with Crippen molar-refractivity contribution in [3.05, 3.63) is 70.8 Å². The van der Waals surface area contributed by atoms with Crippen LogP contribution in [-0.4, -0.2) is 5.11 Å². The Morgan fingerprint density at radius 3 is 2.25 bits per heavy atom. The highest BCUT2D eigenvalue weighted by Gasteiger charge is 2.11. The molecule has 0 aliphatic rings. The number of aliphatic hydroxyl groups is 1. The molecule has 0 saturated carbocycles. The van der Waals surface area contributed by atoms with E-state index in [4.69, 9.17) is 0 Å². The number of aryl methyl sites for hydroxylation is 2. The molecule has 0 unspecified atom stereocenters. The smallest absolute Gasteiger partial charge is 0.104 e. The molecule has 1 atom stereocenters. The van der Waals surface area contributed by atoms with Gasteiger partial charge < -0.3 is 5.11 Å². The minimum Gasteiger partial charge on any atom is -0.384 e. The summed E-state index contributed by atoms with van der Waals surface area (Å²) in [5, 5.41) is 10.3. The molecule has 0 aliphatic heterocycles. The molecule has 0 radical (unpaired) electrons. The summed E-state index contributed by atoms with van der Waals surface area (Å²) in [6.07, 6.45) is -0.526. The van der Waals surface area contributed by atoms with Gasteiger partial charge in [-0.3, -0.25) is 0 Å². The SMILES string of the molecule is Cc1ccc([C@@H](O)c2ccccc2)c(C)c1. The highest BCUT2D eigenvalue weighted by atomic mass is 16.3. The maximum Gasteiger partial charge on any atom is 0.104 e. The zero-order chi connectivity index (χ0) is 11.5. The molecular formula is C15H16O. The molecule has 1 N–H and O–H groups in total. The molecule has 1 heteroatoms. The molecule has 0 spiro atoms. The van der Waals surface area contributed by atoms with E-state index in [1.165, 1.54) is 5.56 Å². The molecule has 0 amide bonds. The summed E-state index contributed by atoms with van der Waals surface area (Å²) >= 11 is 0. The van der Waals surface area contributed by atoms with Gasteiger partial charge in [-0.05, 0) is 30.5 Å². The first-order valence-electron chi connectivity index (χ1n) is 5.48. The Morgan fingerprint density at radius 2 is 1.62 bits per heavy atom. The number of hydrogen-bond acceptors (Lipinski definition) is 1.